The SMILES string of the molecule is CC(C)Oc1ccc(C2=NOC3(CCOC3)C2)cc1OC1CCCCCC1. The molecule has 5 heteroatoms. The molecule has 0 bridgehead atoms. The summed E-state index contributed by atoms with van der Waals surface area (Å²) >= 11 is 0. The lowest BCUT2D eigenvalue weighted by atomic mass is 9.93. The van der Waals surface area contributed by atoms with Gasteiger partial charge in [-0.1, -0.05) is 18.0 Å². The molecular formula is C22H31NO4. The van der Waals surface area contributed by atoms with Crippen molar-refractivity contribution in [2.24, 2.45) is 5.16 Å². The number of nitrogens with zero attached hydrogens (tertiary/aromatic N) is 1. The van der Waals surface area contributed by atoms with Gasteiger partial charge in [-0.15, -0.1) is 0 Å². The zero-order chi connectivity index (χ0) is 18.7. The molecule has 1 atom stereocenters. The third-order valence-electron chi connectivity index (χ3n) is 5.64. The molecule has 148 valence electrons. The van der Waals surface area contributed by atoms with E-state index < -0.39 is 0 Å². The van der Waals surface area contributed by atoms with Crippen LogP contribution in [0.25, 0.3) is 0 Å². The van der Waals surface area contributed by atoms with Crippen LogP contribution in [-0.4, -0.2) is 36.7 Å². The van der Waals surface area contributed by atoms with Crippen molar-refractivity contribution in [3.05, 3.63) is 23.8 Å². The van der Waals surface area contributed by atoms with E-state index in [-0.39, 0.29) is 17.8 Å². The summed E-state index contributed by atoms with van der Waals surface area (Å²) in [5, 5.41) is 4.38. The Morgan fingerprint density at radius 1 is 1.11 bits per heavy atom. The minimum absolute atomic E-state index is 0.110. The topological polar surface area (TPSA) is 49.3 Å². The van der Waals surface area contributed by atoms with Crippen LogP contribution in [0.2, 0.25) is 0 Å². The highest BCUT2D eigenvalue weighted by molar-refractivity contribution is 6.02. The van der Waals surface area contributed by atoms with E-state index >= 15 is 0 Å². The fourth-order valence-corrected chi connectivity index (χ4v) is 4.15. The van der Waals surface area contributed by atoms with Crippen LogP contribution >= 0.6 is 0 Å². The standard InChI is InChI=1S/C22H31NO4/c1-16(2)25-20-10-9-17(19-14-22(27-23-19)11-12-24-15-22)13-21(20)26-18-7-5-3-4-6-8-18/h9-10,13,16,18H,3-8,11-12,14-15H2,1-2H3. The quantitative estimate of drug-likeness (QED) is 0.692. The molecule has 1 aliphatic carbocycles. The van der Waals surface area contributed by atoms with Gasteiger partial charge in [0.05, 0.1) is 31.1 Å². The molecule has 1 spiro atoms. The van der Waals surface area contributed by atoms with Crippen LogP contribution in [-0.2, 0) is 9.57 Å². The van der Waals surface area contributed by atoms with Crippen LogP contribution in [0.3, 0.4) is 0 Å². The molecule has 0 aromatic heterocycles. The van der Waals surface area contributed by atoms with Gasteiger partial charge in [0.1, 0.15) is 0 Å². The van der Waals surface area contributed by atoms with Crippen LogP contribution in [0.1, 0.15) is 70.8 Å². The Hall–Kier alpha value is -1.75. The molecular weight excluding hydrogens is 342 g/mol. The summed E-state index contributed by atoms with van der Waals surface area (Å²) < 4.78 is 18.0. The van der Waals surface area contributed by atoms with Gasteiger partial charge in [0, 0.05) is 18.4 Å². The maximum absolute atomic E-state index is 6.44. The van der Waals surface area contributed by atoms with Gasteiger partial charge < -0.3 is 19.0 Å². The van der Waals surface area contributed by atoms with Gasteiger partial charge in [-0.25, -0.2) is 0 Å². The summed E-state index contributed by atoms with van der Waals surface area (Å²) in [5.41, 5.74) is 1.77. The molecule has 4 rings (SSSR count). The predicted molar refractivity (Wildman–Crippen MR) is 105 cm³/mol. The normalized spacial score (nSPS) is 26.1. The second-order valence-electron chi connectivity index (χ2n) is 8.35. The molecule has 5 nitrogen and oxygen atoms in total. The van der Waals surface area contributed by atoms with Crippen LogP contribution in [0, 0.1) is 0 Å². The molecule has 1 aromatic rings. The molecule has 0 radical (unpaired) electrons. The zero-order valence-electron chi connectivity index (χ0n) is 16.5. The first-order valence-electron chi connectivity index (χ1n) is 10.4. The molecule has 2 fully saturated rings. The Balaban J connectivity index is 1.54. The van der Waals surface area contributed by atoms with Gasteiger partial charge >= 0.3 is 0 Å². The highest BCUT2D eigenvalue weighted by Gasteiger charge is 2.43. The number of hydrogen-bond acceptors (Lipinski definition) is 5. The predicted octanol–water partition coefficient (Wildman–Crippen LogP) is 4.86. The number of rotatable bonds is 5. The summed E-state index contributed by atoms with van der Waals surface area (Å²) in [6.07, 6.45) is 9.43. The van der Waals surface area contributed by atoms with Crippen molar-refractivity contribution >= 4 is 5.71 Å². The van der Waals surface area contributed by atoms with E-state index in [1.807, 2.05) is 19.9 Å². The number of hydrogen-bond donors (Lipinski definition) is 0. The molecule has 1 saturated carbocycles. The van der Waals surface area contributed by atoms with E-state index in [1.165, 1.54) is 25.7 Å². The molecule has 27 heavy (non-hydrogen) atoms. The third kappa shape index (κ3) is 4.40. The fraction of sp³-hybridized carbons (Fsp3) is 0.682. The molecule has 0 amide bonds. The smallest absolute Gasteiger partial charge is 0.168 e. The summed E-state index contributed by atoms with van der Waals surface area (Å²) in [5.74, 6) is 1.65. The Labute approximate surface area is 162 Å². The Morgan fingerprint density at radius 3 is 2.63 bits per heavy atom. The molecule has 1 aromatic carbocycles. The van der Waals surface area contributed by atoms with Crippen LogP contribution in [0.5, 0.6) is 11.5 Å². The van der Waals surface area contributed by atoms with Crippen molar-refractivity contribution in [3.63, 3.8) is 0 Å². The Bertz CT molecular complexity index is 671. The van der Waals surface area contributed by atoms with Crippen molar-refractivity contribution in [2.45, 2.75) is 83.0 Å². The largest absolute Gasteiger partial charge is 0.487 e. The Morgan fingerprint density at radius 2 is 1.93 bits per heavy atom. The van der Waals surface area contributed by atoms with E-state index in [9.17, 15) is 0 Å². The molecule has 2 aliphatic heterocycles. The van der Waals surface area contributed by atoms with Crippen LogP contribution < -0.4 is 9.47 Å². The van der Waals surface area contributed by atoms with Gasteiger partial charge in [-0.05, 0) is 57.7 Å². The lowest BCUT2D eigenvalue weighted by molar-refractivity contribution is -0.0237. The van der Waals surface area contributed by atoms with Gasteiger partial charge in [-0.3, -0.25) is 0 Å². The van der Waals surface area contributed by atoms with Crippen LogP contribution in [0.15, 0.2) is 23.4 Å². The fourth-order valence-electron chi connectivity index (χ4n) is 4.15. The molecule has 1 saturated heterocycles. The first kappa shape index (κ1) is 18.6. The van der Waals surface area contributed by atoms with Gasteiger partial charge in [0.15, 0.2) is 17.1 Å². The number of benzene rings is 1. The highest BCUT2D eigenvalue weighted by Crippen LogP contribution is 2.37. The summed E-state index contributed by atoms with van der Waals surface area (Å²) in [6, 6.07) is 6.16. The Kier molecular flexibility index (Phi) is 5.58. The maximum atomic E-state index is 6.44. The average Bonchev–Trinajstić information content (AvgIpc) is 3.20. The van der Waals surface area contributed by atoms with Crippen molar-refractivity contribution in [2.75, 3.05) is 13.2 Å². The lowest BCUT2D eigenvalue weighted by Gasteiger charge is -2.21. The first-order valence-corrected chi connectivity index (χ1v) is 10.4. The van der Waals surface area contributed by atoms with Gasteiger partial charge in [-0.2, -0.15) is 0 Å². The summed E-state index contributed by atoms with van der Waals surface area (Å²) in [7, 11) is 0. The zero-order valence-corrected chi connectivity index (χ0v) is 16.5. The van der Waals surface area contributed by atoms with Crippen LogP contribution in [0.4, 0.5) is 0 Å². The maximum Gasteiger partial charge on any atom is 0.168 e. The summed E-state index contributed by atoms with van der Waals surface area (Å²) in [4.78, 5) is 5.76. The van der Waals surface area contributed by atoms with Crippen molar-refractivity contribution < 1.29 is 19.0 Å². The monoisotopic (exact) mass is 373 g/mol. The van der Waals surface area contributed by atoms with E-state index in [0.29, 0.717) is 6.61 Å². The second kappa shape index (κ2) is 8.09. The van der Waals surface area contributed by atoms with Gasteiger partial charge in [0.2, 0.25) is 0 Å². The van der Waals surface area contributed by atoms with E-state index in [2.05, 4.69) is 17.3 Å². The number of oxime groups is 1. The molecule has 1 unspecified atom stereocenters. The average molecular weight is 373 g/mol. The molecule has 2 heterocycles. The van der Waals surface area contributed by atoms with E-state index in [0.717, 1.165) is 55.1 Å². The van der Waals surface area contributed by atoms with E-state index in [1.54, 1.807) is 0 Å². The van der Waals surface area contributed by atoms with Crippen molar-refractivity contribution in [3.8, 4) is 11.5 Å². The summed E-state index contributed by atoms with van der Waals surface area (Å²) in [6.45, 7) is 5.46. The van der Waals surface area contributed by atoms with E-state index in [4.69, 9.17) is 19.0 Å². The highest BCUT2D eigenvalue weighted by atomic mass is 16.7. The van der Waals surface area contributed by atoms with Gasteiger partial charge in [0.25, 0.3) is 0 Å². The molecule has 0 N–H and O–H groups in total. The second-order valence-corrected chi connectivity index (χ2v) is 8.35. The molecule has 3 aliphatic rings. The lowest BCUT2D eigenvalue weighted by Crippen LogP contribution is -2.29. The third-order valence-corrected chi connectivity index (χ3v) is 5.64. The minimum Gasteiger partial charge on any atom is -0.487 e. The van der Waals surface area contributed by atoms with Crippen molar-refractivity contribution in [1.82, 2.24) is 0 Å². The van der Waals surface area contributed by atoms with Crippen molar-refractivity contribution in [1.29, 1.82) is 0 Å². The number of ether oxygens (including phenoxy) is 3. The minimum atomic E-state index is -0.259. The first-order chi connectivity index (χ1) is 13.1.